The van der Waals surface area contributed by atoms with Crippen LogP contribution >= 0.6 is 0 Å². The van der Waals surface area contributed by atoms with E-state index in [4.69, 9.17) is 9.47 Å². The predicted octanol–water partition coefficient (Wildman–Crippen LogP) is 2.21. The zero-order valence-corrected chi connectivity index (χ0v) is 15.7. The van der Waals surface area contributed by atoms with Gasteiger partial charge in [-0.05, 0) is 25.1 Å². The monoisotopic (exact) mass is 397 g/mol. The average molecular weight is 397 g/mol. The standard InChI is InChI=1S/C20H19N3O6/c1-12-2-3-13(8-16(12)23(26)27)20(25)21-14-9-19(24)22(11-14)15-4-5-17-18(10-15)29-7-6-28-17/h2-5,8,10,14H,6-7,9,11H2,1H3,(H,21,25)/t14-/m1/s1. The highest BCUT2D eigenvalue weighted by Gasteiger charge is 2.32. The number of carbonyl (C=O) groups is 2. The fourth-order valence-corrected chi connectivity index (χ4v) is 3.47. The van der Waals surface area contributed by atoms with Crippen LogP contribution in [0.15, 0.2) is 36.4 Å². The van der Waals surface area contributed by atoms with Crippen molar-refractivity contribution in [2.75, 3.05) is 24.7 Å². The lowest BCUT2D eigenvalue weighted by Crippen LogP contribution is -2.37. The topological polar surface area (TPSA) is 111 Å². The van der Waals surface area contributed by atoms with E-state index in [0.29, 0.717) is 42.5 Å². The lowest BCUT2D eigenvalue weighted by atomic mass is 10.1. The van der Waals surface area contributed by atoms with Crippen LogP contribution in [-0.2, 0) is 4.79 Å². The van der Waals surface area contributed by atoms with Crippen molar-refractivity contribution in [2.45, 2.75) is 19.4 Å². The van der Waals surface area contributed by atoms with Crippen LogP contribution in [0, 0.1) is 17.0 Å². The third-order valence-corrected chi connectivity index (χ3v) is 4.97. The Morgan fingerprint density at radius 1 is 1.17 bits per heavy atom. The molecule has 9 nitrogen and oxygen atoms in total. The number of aryl methyl sites for hydroxylation is 1. The minimum absolute atomic E-state index is 0.113. The van der Waals surface area contributed by atoms with Crippen LogP contribution in [0.1, 0.15) is 22.3 Å². The summed E-state index contributed by atoms with van der Waals surface area (Å²) < 4.78 is 11.1. The quantitative estimate of drug-likeness (QED) is 0.625. The molecule has 29 heavy (non-hydrogen) atoms. The molecule has 1 saturated heterocycles. The smallest absolute Gasteiger partial charge is 0.273 e. The molecule has 1 fully saturated rings. The van der Waals surface area contributed by atoms with E-state index in [9.17, 15) is 19.7 Å². The predicted molar refractivity (Wildman–Crippen MR) is 103 cm³/mol. The van der Waals surface area contributed by atoms with Crippen molar-refractivity contribution in [1.82, 2.24) is 5.32 Å². The summed E-state index contributed by atoms with van der Waals surface area (Å²) in [6.45, 7) is 2.85. The molecule has 0 unspecified atom stereocenters. The number of ether oxygens (including phenoxy) is 2. The minimum atomic E-state index is -0.519. The van der Waals surface area contributed by atoms with Gasteiger partial charge < -0.3 is 19.7 Å². The number of hydrogen-bond donors (Lipinski definition) is 1. The maximum Gasteiger partial charge on any atom is 0.273 e. The molecule has 0 spiro atoms. The highest BCUT2D eigenvalue weighted by atomic mass is 16.6. The average Bonchev–Trinajstić information content (AvgIpc) is 3.07. The van der Waals surface area contributed by atoms with Crippen molar-refractivity contribution >= 4 is 23.2 Å². The van der Waals surface area contributed by atoms with Gasteiger partial charge in [-0.2, -0.15) is 0 Å². The third-order valence-electron chi connectivity index (χ3n) is 4.97. The van der Waals surface area contributed by atoms with E-state index in [1.807, 2.05) is 0 Å². The number of benzene rings is 2. The highest BCUT2D eigenvalue weighted by molar-refractivity contribution is 5.99. The van der Waals surface area contributed by atoms with Crippen LogP contribution in [0.3, 0.4) is 0 Å². The van der Waals surface area contributed by atoms with Crippen molar-refractivity contribution in [3.63, 3.8) is 0 Å². The molecule has 0 bridgehead atoms. The number of anilines is 1. The number of fused-ring (bicyclic) bond motifs is 1. The normalized spacial score (nSPS) is 17.9. The number of nitro groups is 1. The molecule has 2 aliphatic rings. The highest BCUT2D eigenvalue weighted by Crippen LogP contribution is 2.35. The van der Waals surface area contributed by atoms with E-state index in [2.05, 4.69) is 5.32 Å². The fourth-order valence-electron chi connectivity index (χ4n) is 3.47. The molecule has 1 atom stereocenters. The number of rotatable bonds is 4. The lowest BCUT2D eigenvalue weighted by Gasteiger charge is -2.22. The molecule has 9 heteroatoms. The second kappa shape index (κ2) is 7.42. The van der Waals surface area contributed by atoms with Crippen LogP contribution in [0.2, 0.25) is 0 Å². The van der Waals surface area contributed by atoms with Gasteiger partial charge in [0.2, 0.25) is 5.91 Å². The van der Waals surface area contributed by atoms with Gasteiger partial charge in [0.1, 0.15) is 13.2 Å². The van der Waals surface area contributed by atoms with Crippen molar-refractivity contribution < 1.29 is 24.0 Å². The largest absolute Gasteiger partial charge is 0.486 e. The summed E-state index contributed by atoms with van der Waals surface area (Å²) in [6, 6.07) is 9.21. The summed E-state index contributed by atoms with van der Waals surface area (Å²) in [6.07, 6.45) is 0.147. The van der Waals surface area contributed by atoms with E-state index in [-0.39, 0.29) is 23.6 Å². The molecule has 0 radical (unpaired) electrons. The Balaban J connectivity index is 1.46. The molecule has 0 saturated carbocycles. The zero-order valence-electron chi connectivity index (χ0n) is 15.7. The first-order valence-electron chi connectivity index (χ1n) is 9.18. The Morgan fingerprint density at radius 2 is 1.93 bits per heavy atom. The van der Waals surface area contributed by atoms with Crippen LogP contribution in [0.25, 0.3) is 0 Å². The Kier molecular flexibility index (Phi) is 4.79. The first-order valence-corrected chi connectivity index (χ1v) is 9.18. The van der Waals surface area contributed by atoms with Gasteiger partial charge in [-0.1, -0.05) is 6.07 Å². The molecule has 2 aliphatic heterocycles. The number of nitrogens with zero attached hydrogens (tertiary/aromatic N) is 2. The van der Waals surface area contributed by atoms with Gasteiger partial charge in [-0.3, -0.25) is 19.7 Å². The van der Waals surface area contributed by atoms with Crippen LogP contribution in [0.5, 0.6) is 11.5 Å². The maximum atomic E-state index is 12.5. The molecule has 2 aromatic carbocycles. The molecule has 0 aromatic heterocycles. The van der Waals surface area contributed by atoms with Gasteiger partial charge >= 0.3 is 0 Å². The molecule has 150 valence electrons. The van der Waals surface area contributed by atoms with Crippen LogP contribution < -0.4 is 19.7 Å². The van der Waals surface area contributed by atoms with Gasteiger partial charge in [0.05, 0.1) is 11.0 Å². The number of nitrogens with one attached hydrogen (secondary N) is 1. The van der Waals surface area contributed by atoms with Gasteiger partial charge in [0.15, 0.2) is 11.5 Å². The Hall–Kier alpha value is -3.62. The first-order chi connectivity index (χ1) is 13.9. The first kappa shape index (κ1) is 18.7. The summed E-state index contributed by atoms with van der Waals surface area (Å²) in [5.41, 5.74) is 1.22. The maximum absolute atomic E-state index is 12.5. The Bertz CT molecular complexity index is 1010. The summed E-state index contributed by atoms with van der Waals surface area (Å²) in [5, 5.41) is 13.9. The van der Waals surface area contributed by atoms with E-state index in [1.54, 1.807) is 30.0 Å². The van der Waals surface area contributed by atoms with Gasteiger partial charge in [0.25, 0.3) is 11.6 Å². The summed E-state index contributed by atoms with van der Waals surface area (Å²) in [4.78, 5) is 37.2. The van der Waals surface area contributed by atoms with Gasteiger partial charge in [-0.15, -0.1) is 0 Å². The van der Waals surface area contributed by atoms with Gasteiger partial charge in [-0.25, -0.2) is 0 Å². The summed E-state index contributed by atoms with van der Waals surface area (Å²) in [5.74, 6) is 0.648. The third kappa shape index (κ3) is 3.71. The number of nitro benzene ring substituents is 1. The van der Waals surface area contributed by atoms with Crippen molar-refractivity contribution in [2.24, 2.45) is 0 Å². The summed E-state index contributed by atoms with van der Waals surface area (Å²) >= 11 is 0. The Labute approximate surface area is 166 Å². The molecule has 2 amide bonds. The molecule has 1 N–H and O–H groups in total. The number of amides is 2. The lowest BCUT2D eigenvalue weighted by molar-refractivity contribution is -0.385. The summed E-state index contributed by atoms with van der Waals surface area (Å²) in [7, 11) is 0. The number of hydrogen-bond acceptors (Lipinski definition) is 6. The molecule has 4 rings (SSSR count). The minimum Gasteiger partial charge on any atom is -0.486 e. The fraction of sp³-hybridized carbons (Fsp3) is 0.300. The van der Waals surface area contributed by atoms with E-state index < -0.39 is 16.9 Å². The van der Waals surface area contributed by atoms with E-state index >= 15 is 0 Å². The van der Waals surface area contributed by atoms with Crippen molar-refractivity contribution in [1.29, 1.82) is 0 Å². The van der Waals surface area contributed by atoms with Crippen molar-refractivity contribution in [3.05, 3.63) is 57.6 Å². The molecule has 2 heterocycles. The SMILES string of the molecule is Cc1ccc(C(=O)N[C@@H]2CC(=O)N(c3ccc4c(c3)OCCO4)C2)cc1[N+](=O)[O-]. The zero-order chi connectivity index (χ0) is 20.5. The second-order valence-corrected chi connectivity index (χ2v) is 6.97. The van der Waals surface area contributed by atoms with E-state index in [1.165, 1.54) is 18.2 Å². The van der Waals surface area contributed by atoms with Crippen LogP contribution in [0.4, 0.5) is 11.4 Å². The molecular formula is C20H19N3O6. The van der Waals surface area contributed by atoms with Crippen molar-refractivity contribution in [3.8, 4) is 11.5 Å². The van der Waals surface area contributed by atoms with Crippen LogP contribution in [-0.4, -0.2) is 42.5 Å². The molecule has 0 aliphatic carbocycles. The number of carbonyl (C=O) groups excluding carboxylic acids is 2. The van der Waals surface area contributed by atoms with E-state index in [0.717, 1.165) is 0 Å². The molecular weight excluding hydrogens is 378 g/mol. The Morgan fingerprint density at radius 3 is 2.69 bits per heavy atom. The van der Waals surface area contributed by atoms with Gasteiger partial charge in [0, 0.05) is 41.9 Å². The molecule has 2 aromatic rings. The second-order valence-electron chi connectivity index (χ2n) is 6.97.